The topological polar surface area (TPSA) is 23.6 Å². The summed E-state index contributed by atoms with van der Waals surface area (Å²) in [5, 5.41) is 0. The first-order chi connectivity index (χ1) is 8.60. The van der Waals surface area contributed by atoms with E-state index < -0.39 is 0 Å². The molecule has 2 unspecified atom stereocenters. The molecular formula is C15H24N2O. The maximum absolute atomic E-state index is 12.8. The molecule has 2 aliphatic heterocycles. The summed E-state index contributed by atoms with van der Waals surface area (Å²) in [6.45, 7) is 16.2. The second kappa shape index (κ2) is 5.37. The highest BCUT2D eigenvalue weighted by atomic mass is 16.1. The molecule has 0 aromatic carbocycles. The van der Waals surface area contributed by atoms with Crippen LogP contribution in [0, 0.1) is 0 Å². The minimum absolute atomic E-state index is 0.0797. The summed E-state index contributed by atoms with van der Waals surface area (Å²) in [5.41, 5.74) is 2.16. The number of carbonyl (C=O) groups is 1. The fourth-order valence-corrected chi connectivity index (χ4v) is 3.22. The molecule has 0 N–H and O–H groups in total. The van der Waals surface area contributed by atoms with Crippen molar-refractivity contribution in [2.24, 2.45) is 0 Å². The summed E-state index contributed by atoms with van der Waals surface area (Å²) < 4.78 is 0. The number of likely N-dealkylation sites (tertiary alicyclic amines) is 2. The minimum Gasteiger partial charge on any atom is -0.295 e. The summed E-state index contributed by atoms with van der Waals surface area (Å²) in [4.78, 5) is 17.3. The van der Waals surface area contributed by atoms with Gasteiger partial charge in [0.1, 0.15) is 0 Å². The molecule has 0 aromatic heterocycles. The van der Waals surface area contributed by atoms with Gasteiger partial charge in [-0.15, -0.1) is 0 Å². The van der Waals surface area contributed by atoms with Crippen molar-refractivity contribution in [3.8, 4) is 0 Å². The highest BCUT2D eigenvalue weighted by Crippen LogP contribution is 2.29. The molecule has 2 saturated heterocycles. The zero-order valence-electron chi connectivity index (χ0n) is 11.6. The average Bonchev–Trinajstić information content (AvgIpc) is 2.91. The Morgan fingerprint density at radius 2 is 1.44 bits per heavy atom. The van der Waals surface area contributed by atoms with Crippen molar-refractivity contribution in [3.05, 3.63) is 24.3 Å². The number of hydrogen-bond donors (Lipinski definition) is 0. The third-order valence-electron chi connectivity index (χ3n) is 4.30. The molecule has 0 aromatic rings. The predicted octanol–water partition coefficient (Wildman–Crippen LogP) is 1.86. The van der Waals surface area contributed by atoms with Crippen LogP contribution in [0.4, 0.5) is 0 Å². The van der Waals surface area contributed by atoms with Gasteiger partial charge in [-0.2, -0.15) is 0 Å². The van der Waals surface area contributed by atoms with Gasteiger partial charge in [0.05, 0.1) is 12.1 Å². The van der Waals surface area contributed by atoms with Crippen LogP contribution < -0.4 is 0 Å². The zero-order valence-corrected chi connectivity index (χ0v) is 11.6. The Hall–Kier alpha value is -0.930. The third kappa shape index (κ3) is 2.17. The molecule has 2 rings (SSSR count). The molecule has 2 aliphatic rings. The van der Waals surface area contributed by atoms with Gasteiger partial charge in [-0.25, -0.2) is 0 Å². The lowest BCUT2D eigenvalue weighted by Crippen LogP contribution is -2.47. The van der Waals surface area contributed by atoms with E-state index in [4.69, 9.17) is 0 Å². The van der Waals surface area contributed by atoms with Crippen LogP contribution in [0.15, 0.2) is 24.3 Å². The standard InChI is InChI=1S/C15H24N2O/c1-5-16-9-7-11(3)13(16)15(18)14-12(4)8-10-17(14)6-2/h13-14H,3-10H2,1-2H3. The van der Waals surface area contributed by atoms with Crippen LogP contribution in [0.5, 0.6) is 0 Å². The van der Waals surface area contributed by atoms with E-state index in [2.05, 4.69) is 36.8 Å². The molecule has 100 valence electrons. The molecule has 0 amide bonds. The molecule has 0 radical (unpaired) electrons. The van der Waals surface area contributed by atoms with E-state index in [0.29, 0.717) is 5.78 Å². The van der Waals surface area contributed by atoms with Gasteiger partial charge in [-0.05, 0) is 25.9 Å². The van der Waals surface area contributed by atoms with E-state index in [9.17, 15) is 4.79 Å². The van der Waals surface area contributed by atoms with Gasteiger partial charge in [-0.1, -0.05) is 38.2 Å². The lowest BCUT2D eigenvalue weighted by molar-refractivity contribution is -0.125. The first-order valence-electron chi connectivity index (χ1n) is 6.97. The van der Waals surface area contributed by atoms with Crippen LogP contribution in [-0.4, -0.2) is 53.8 Å². The zero-order chi connectivity index (χ0) is 13.3. The minimum atomic E-state index is -0.0797. The summed E-state index contributed by atoms with van der Waals surface area (Å²) in [6.07, 6.45) is 1.91. The van der Waals surface area contributed by atoms with Crippen molar-refractivity contribution in [1.29, 1.82) is 0 Å². The van der Waals surface area contributed by atoms with Crippen LogP contribution in [0.1, 0.15) is 26.7 Å². The Balaban J connectivity index is 2.19. The van der Waals surface area contributed by atoms with Gasteiger partial charge in [0.2, 0.25) is 0 Å². The summed E-state index contributed by atoms with van der Waals surface area (Å²) in [5.74, 6) is 0.295. The van der Waals surface area contributed by atoms with Crippen molar-refractivity contribution in [2.75, 3.05) is 26.2 Å². The smallest absolute Gasteiger partial charge is 0.175 e. The molecule has 0 saturated carbocycles. The van der Waals surface area contributed by atoms with Gasteiger partial charge in [-0.3, -0.25) is 14.6 Å². The third-order valence-corrected chi connectivity index (χ3v) is 4.30. The summed E-state index contributed by atoms with van der Waals surface area (Å²) >= 11 is 0. The van der Waals surface area contributed by atoms with E-state index in [-0.39, 0.29) is 12.1 Å². The number of Topliss-reactive ketones (excluding diaryl/α,β-unsaturated/α-hetero) is 1. The SMILES string of the molecule is C=C1CCN(CC)C1C(=O)C1C(=C)CCN1CC. The van der Waals surface area contributed by atoms with Crippen LogP contribution >= 0.6 is 0 Å². The number of hydrogen-bond acceptors (Lipinski definition) is 3. The van der Waals surface area contributed by atoms with Crippen molar-refractivity contribution in [1.82, 2.24) is 9.80 Å². The first-order valence-corrected chi connectivity index (χ1v) is 6.97. The lowest BCUT2D eigenvalue weighted by Gasteiger charge is -2.29. The Kier molecular flexibility index (Phi) is 4.03. The number of rotatable bonds is 4. The maximum Gasteiger partial charge on any atom is 0.175 e. The van der Waals surface area contributed by atoms with Crippen LogP contribution in [0.2, 0.25) is 0 Å². The first kappa shape index (κ1) is 13.5. The number of likely N-dealkylation sites (N-methyl/N-ethyl adjacent to an activating group) is 2. The summed E-state index contributed by atoms with van der Waals surface area (Å²) in [6, 6.07) is -0.159. The van der Waals surface area contributed by atoms with Gasteiger partial charge in [0, 0.05) is 13.1 Å². The molecule has 0 aliphatic carbocycles. The highest BCUT2D eigenvalue weighted by molar-refractivity contribution is 5.94. The normalized spacial score (nSPS) is 30.3. The molecule has 2 atom stereocenters. The summed E-state index contributed by atoms with van der Waals surface area (Å²) in [7, 11) is 0. The molecule has 2 fully saturated rings. The lowest BCUT2D eigenvalue weighted by atomic mass is 9.95. The Labute approximate surface area is 110 Å². The number of nitrogens with zero attached hydrogens (tertiary/aromatic N) is 2. The average molecular weight is 248 g/mol. The van der Waals surface area contributed by atoms with E-state index in [1.165, 1.54) is 0 Å². The molecule has 18 heavy (non-hydrogen) atoms. The van der Waals surface area contributed by atoms with Gasteiger partial charge in [0.15, 0.2) is 5.78 Å². The molecule has 0 bridgehead atoms. The van der Waals surface area contributed by atoms with Crippen LogP contribution in [0.3, 0.4) is 0 Å². The fourth-order valence-electron chi connectivity index (χ4n) is 3.22. The molecule has 3 nitrogen and oxygen atoms in total. The van der Waals surface area contributed by atoms with E-state index in [0.717, 1.165) is 50.2 Å². The van der Waals surface area contributed by atoms with Crippen LogP contribution in [0.25, 0.3) is 0 Å². The number of carbonyl (C=O) groups excluding carboxylic acids is 1. The second-order valence-electron chi connectivity index (χ2n) is 5.28. The van der Waals surface area contributed by atoms with E-state index in [1.54, 1.807) is 0 Å². The van der Waals surface area contributed by atoms with Crippen molar-refractivity contribution in [3.63, 3.8) is 0 Å². The Morgan fingerprint density at radius 1 is 1.06 bits per heavy atom. The fraction of sp³-hybridized carbons (Fsp3) is 0.667. The monoisotopic (exact) mass is 248 g/mol. The molecular weight excluding hydrogens is 224 g/mol. The van der Waals surface area contributed by atoms with Crippen LogP contribution in [-0.2, 0) is 4.79 Å². The van der Waals surface area contributed by atoms with E-state index >= 15 is 0 Å². The van der Waals surface area contributed by atoms with Crippen molar-refractivity contribution >= 4 is 5.78 Å². The maximum atomic E-state index is 12.8. The molecule has 0 spiro atoms. The highest BCUT2D eigenvalue weighted by Gasteiger charge is 2.41. The number of ketones is 1. The van der Waals surface area contributed by atoms with Gasteiger partial charge in [0.25, 0.3) is 0 Å². The Bertz CT molecular complexity index is 341. The van der Waals surface area contributed by atoms with Gasteiger partial charge < -0.3 is 0 Å². The predicted molar refractivity (Wildman–Crippen MR) is 74.6 cm³/mol. The largest absolute Gasteiger partial charge is 0.295 e. The molecule has 2 heterocycles. The van der Waals surface area contributed by atoms with Gasteiger partial charge >= 0.3 is 0 Å². The molecule has 3 heteroatoms. The van der Waals surface area contributed by atoms with Crippen molar-refractivity contribution in [2.45, 2.75) is 38.8 Å². The second-order valence-corrected chi connectivity index (χ2v) is 5.28. The van der Waals surface area contributed by atoms with E-state index in [1.807, 2.05) is 0 Å². The quantitative estimate of drug-likeness (QED) is 0.710. The Morgan fingerprint density at radius 3 is 1.78 bits per heavy atom. The van der Waals surface area contributed by atoms with Crippen molar-refractivity contribution < 1.29 is 4.79 Å².